The van der Waals surface area contributed by atoms with Gasteiger partial charge in [-0.3, -0.25) is 20.2 Å². The Morgan fingerprint density at radius 2 is 2.26 bits per heavy atom. The summed E-state index contributed by atoms with van der Waals surface area (Å²) in [6, 6.07) is 2.90. The van der Waals surface area contributed by atoms with Crippen LogP contribution in [0.1, 0.15) is 5.56 Å². The van der Waals surface area contributed by atoms with Crippen molar-refractivity contribution in [1.29, 1.82) is 0 Å². The van der Waals surface area contributed by atoms with Gasteiger partial charge in [-0.15, -0.1) is 6.42 Å². The van der Waals surface area contributed by atoms with E-state index in [1.807, 2.05) is 0 Å². The Hall–Kier alpha value is -1.91. The number of carbonyl (C=O) groups is 1. The molecule has 19 heavy (non-hydrogen) atoms. The van der Waals surface area contributed by atoms with E-state index in [0.29, 0.717) is 15.7 Å². The zero-order valence-electron chi connectivity index (χ0n) is 10.2. The molecule has 0 aromatic heterocycles. The number of hydrogen-bond donors (Lipinski definition) is 2. The van der Waals surface area contributed by atoms with Gasteiger partial charge in [-0.05, 0) is 28.9 Å². The van der Waals surface area contributed by atoms with Crippen LogP contribution < -0.4 is 10.6 Å². The van der Waals surface area contributed by atoms with Crippen molar-refractivity contribution in [3.63, 3.8) is 0 Å². The molecule has 6 nitrogen and oxygen atoms in total. The first-order chi connectivity index (χ1) is 8.95. The maximum Gasteiger partial charge on any atom is 0.274 e. The largest absolute Gasteiger partial charge is 0.324 e. The van der Waals surface area contributed by atoms with Crippen LogP contribution in [0.25, 0.3) is 0 Å². The molecule has 0 bridgehead atoms. The molecule has 0 saturated carbocycles. The van der Waals surface area contributed by atoms with Crippen molar-refractivity contribution in [3.8, 4) is 12.3 Å². The van der Waals surface area contributed by atoms with Gasteiger partial charge in [0.1, 0.15) is 0 Å². The van der Waals surface area contributed by atoms with Crippen LogP contribution in [0.15, 0.2) is 16.6 Å². The van der Waals surface area contributed by atoms with Gasteiger partial charge in [0.2, 0.25) is 5.91 Å². The molecule has 0 aliphatic heterocycles. The second kappa shape index (κ2) is 6.87. The zero-order chi connectivity index (χ0) is 14.4. The summed E-state index contributed by atoms with van der Waals surface area (Å²) in [6.07, 6.45) is 5.03. The number of benzene rings is 1. The molecule has 2 N–H and O–H groups in total. The van der Waals surface area contributed by atoms with Gasteiger partial charge >= 0.3 is 0 Å². The van der Waals surface area contributed by atoms with E-state index in [9.17, 15) is 14.9 Å². The summed E-state index contributed by atoms with van der Waals surface area (Å²) in [6.45, 7) is 1.95. The van der Waals surface area contributed by atoms with Crippen LogP contribution in [-0.4, -0.2) is 23.9 Å². The number of anilines is 1. The number of hydrogen-bond acceptors (Lipinski definition) is 4. The lowest BCUT2D eigenvalue weighted by Gasteiger charge is -2.08. The summed E-state index contributed by atoms with van der Waals surface area (Å²) >= 11 is 3.25. The standard InChI is InChI=1S/C12H12BrN3O3/c1-3-4-14-7-12(17)15-10-6-11(16(18)19)8(2)5-9(10)13/h1,5-6,14H,4,7H2,2H3,(H,15,17). The Balaban J connectivity index is 2.84. The molecule has 0 radical (unpaired) electrons. The SMILES string of the molecule is C#CCNCC(=O)Nc1cc([N+](=O)[O-])c(C)cc1Br. The molecule has 7 heteroatoms. The number of rotatable bonds is 5. The highest BCUT2D eigenvalue weighted by Gasteiger charge is 2.15. The predicted octanol–water partition coefficient (Wildman–Crippen LogP) is 1.83. The predicted molar refractivity (Wildman–Crippen MR) is 75.9 cm³/mol. The average Bonchev–Trinajstić information content (AvgIpc) is 2.32. The molecule has 0 aliphatic carbocycles. The minimum Gasteiger partial charge on any atom is -0.324 e. The second-order valence-electron chi connectivity index (χ2n) is 3.73. The molecule has 100 valence electrons. The minimum absolute atomic E-state index is 0.0400. The fraction of sp³-hybridized carbons (Fsp3) is 0.250. The summed E-state index contributed by atoms with van der Waals surface area (Å²) in [5, 5.41) is 16.1. The van der Waals surface area contributed by atoms with Gasteiger partial charge in [0.15, 0.2) is 0 Å². The van der Waals surface area contributed by atoms with Crippen LogP contribution in [-0.2, 0) is 4.79 Å². The van der Waals surface area contributed by atoms with Crippen molar-refractivity contribution in [2.75, 3.05) is 18.4 Å². The Morgan fingerprint density at radius 3 is 2.84 bits per heavy atom. The summed E-state index contributed by atoms with van der Waals surface area (Å²) < 4.78 is 0.584. The van der Waals surface area contributed by atoms with Gasteiger partial charge in [-0.2, -0.15) is 0 Å². The number of nitrogens with zero attached hydrogens (tertiary/aromatic N) is 1. The molecule has 0 fully saturated rings. The van der Waals surface area contributed by atoms with E-state index in [0.717, 1.165) is 0 Å². The lowest BCUT2D eigenvalue weighted by Crippen LogP contribution is -2.28. The molecule has 0 aliphatic rings. The van der Waals surface area contributed by atoms with E-state index < -0.39 is 4.92 Å². The van der Waals surface area contributed by atoms with Crippen LogP contribution in [0, 0.1) is 29.4 Å². The molecule has 0 atom stereocenters. The third-order valence-corrected chi connectivity index (χ3v) is 2.93. The molecule has 0 unspecified atom stereocenters. The molecule has 0 heterocycles. The number of amides is 1. The van der Waals surface area contributed by atoms with Crippen molar-refractivity contribution in [1.82, 2.24) is 5.32 Å². The van der Waals surface area contributed by atoms with E-state index in [2.05, 4.69) is 32.5 Å². The van der Waals surface area contributed by atoms with E-state index in [1.165, 1.54) is 6.07 Å². The molecule has 1 amide bonds. The van der Waals surface area contributed by atoms with Gasteiger partial charge < -0.3 is 5.32 Å². The van der Waals surface area contributed by atoms with Gasteiger partial charge in [-0.1, -0.05) is 5.92 Å². The van der Waals surface area contributed by atoms with Crippen LogP contribution in [0.3, 0.4) is 0 Å². The number of terminal acetylenes is 1. The molecule has 1 aromatic rings. The summed E-state index contributed by atoms with van der Waals surface area (Å²) in [5.74, 6) is 2.02. The van der Waals surface area contributed by atoms with Gasteiger partial charge in [-0.25, -0.2) is 0 Å². The Labute approximate surface area is 118 Å². The molecule has 0 spiro atoms. The number of nitrogens with one attached hydrogen (secondary N) is 2. The summed E-state index contributed by atoms with van der Waals surface area (Å²) in [5.41, 5.74) is 0.820. The topological polar surface area (TPSA) is 84.3 Å². The third-order valence-electron chi connectivity index (χ3n) is 2.27. The Kier molecular flexibility index (Phi) is 5.48. The van der Waals surface area contributed by atoms with Crippen molar-refractivity contribution in [2.45, 2.75) is 6.92 Å². The molecule has 1 aromatic carbocycles. The highest BCUT2D eigenvalue weighted by atomic mass is 79.9. The van der Waals surface area contributed by atoms with Crippen LogP contribution in [0.2, 0.25) is 0 Å². The third kappa shape index (κ3) is 4.35. The monoisotopic (exact) mass is 325 g/mol. The fourth-order valence-electron chi connectivity index (χ4n) is 1.40. The van der Waals surface area contributed by atoms with Crippen molar-refractivity contribution in [2.24, 2.45) is 0 Å². The number of carbonyl (C=O) groups excluding carboxylic acids is 1. The molecular weight excluding hydrogens is 314 g/mol. The lowest BCUT2D eigenvalue weighted by molar-refractivity contribution is -0.385. The van der Waals surface area contributed by atoms with Crippen LogP contribution in [0.5, 0.6) is 0 Å². The van der Waals surface area contributed by atoms with E-state index >= 15 is 0 Å². The second-order valence-corrected chi connectivity index (χ2v) is 4.59. The highest BCUT2D eigenvalue weighted by molar-refractivity contribution is 9.10. The average molecular weight is 326 g/mol. The number of nitro benzene ring substituents is 1. The molecule has 0 saturated heterocycles. The van der Waals surface area contributed by atoms with Gasteiger partial charge in [0.25, 0.3) is 5.69 Å². The van der Waals surface area contributed by atoms with E-state index in [4.69, 9.17) is 6.42 Å². The zero-order valence-corrected chi connectivity index (χ0v) is 11.8. The first-order valence-electron chi connectivity index (χ1n) is 5.34. The van der Waals surface area contributed by atoms with Crippen molar-refractivity contribution >= 4 is 33.2 Å². The Morgan fingerprint density at radius 1 is 1.58 bits per heavy atom. The van der Waals surface area contributed by atoms with E-state index in [-0.39, 0.29) is 24.7 Å². The first-order valence-corrected chi connectivity index (χ1v) is 6.13. The quantitative estimate of drug-likeness (QED) is 0.374. The normalized spacial score (nSPS) is 9.74. The van der Waals surface area contributed by atoms with Gasteiger partial charge in [0, 0.05) is 16.1 Å². The minimum atomic E-state index is -0.492. The summed E-state index contributed by atoms with van der Waals surface area (Å²) in [7, 11) is 0. The maximum absolute atomic E-state index is 11.6. The van der Waals surface area contributed by atoms with E-state index in [1.54, 1.807) is 13.0 Å². The van der Waals surface area contributed by atoms with Crippen molar-refractivity contribution in [3.05, 3.63) is 32.3 Å². The lowest BCUT2D eigenvalue weighted by atomic mass is 10.2. The Bertz CT molecular complexity index is 552. The maximum atomic E-state index is 11.6. The van der Waals surface area contributed by atoms with Crippen LogP contribution >= 0.6 is 15.9 Å². The molecular formula is C12H12BrN3O3. The van der Waals surface area contributed by atoms with Crippen molar-refractivity contribution < 1.29 is 9.72 Å². The smallest absolute Gasteiger partial charge is 0.274 e. The number of aryl methyl sites for hydroxylation is 1. The number of nitro groups is 1. The first kappa shape index (κ1) is 15.1. The van der Waals surface area contributed by atoms with Crippen LogP contribution in [0.4, 0.5) is 11.4 Å². The number of halogens is 1. The fourth-order valence-corrected chi connectivity index (χ4v) is 1.95. The highest BCUT2D eigenvalue weighted by Crippen LogP contribution is 2.30. The van der Waals surface area contributed by atoms with Gasteiger partial charge in [0.05, 0.1) is 23.7 Å². The molecule has 1 rings (SSSR count). The summed E-state index contributed by atoms with van der Waals surface area (Å²) in [4.78, 5) is 21.9.